The van der Waals surface area contributed by atoms with E-state index in [-0.39, 0.29) is 24.4 Å². The average molecular weight is 254 g/mol. The van der Waals surface area contributed by atoms with Crippen LogP contribution < -0.4 is 15.8 Å². The normalized spacial score (nSPS) is 12.0. The summed E-state index contributed by atoms with van der Waals surface area (Å²) in [5, 5.41) is 2.69. The van der Waals surface area contributed by atoms with Crippen molar-refractivity contribution in [3.05, 3.63) is 29.6 Å². The van der Waals surface area contributed by atoms with E-state index < -0.39 is 0 Å². The molecule has 0 saturated heterocycles. The number of nitrogens with one attached hydrogen (secondary N) is 1. The highest BCUT2D eigenvalue weighted by atomic mass is 19.1. The van der Waals surface area contributed by atoms with Gasteiger partial charge in [-0.25, -0.2) is 4.39 Å². The molecule has 1 amide bonds. The largest absolute Gasteiger partial charge is 0.483 e. The first-order chi connectivity index (χ1) is 8.54. The second kappa shape index (κ2) is 6.96. The minimum Gasteiger partial charge on any atom is -0.483 e. The molecule has 0 aromatic heterocycles. The number of carbonyl (C=O) groups excluding carboxylic acids is 1. The van der Waals surface area contributed by atoms with E-state index in [1.54, 1.807) is 6.92 Å². The number of hydrogen-bond donors (Lipinski definition) is 2. The van der Waals surface area contributed by atoms with Crippen molar-refractivity contribution >= 4 is 5.91 Å². The van der Waals surface area contributed by atoms with E-state index in [4.69, 9.17) is 10.5 Å². The number of rotatable bonds is 6. The van der Waals surface area contributed by atoms with E-state index in [1.807, 2.05) is 6.92 Å². The van der Waals surface area contributed by atoms with Gasteiger partial charge in [0.25, 0.3) is 5.91 Å². The smallest absolute Gasteiger partial charge is 0.257 e. The Hall–Kier alpha value is -1.62. The molecule has 0 aliphatic heterocycles. The summed E-state index contributed by atoms with van der Waals surface area (Å²) in [4.78, 5) is 11.4. The Balaban J connectivity index is 2.64. The molecule has 0 saturated carbocycles. The quantitative estimate of drug-likeness (QED) is 0.813. The Morgan fingerprint density at radius 1 is 1.56 bits per heavy atom. The van der Waals surface area contributed by atoms with Gasteiger partial charge in [-0.3, -0.25) is 4.79 Å². The van der Waals surface area contributed by atoms with Crippen molar-refractivity contribution in [3.8, 4) is 5.75 Å². The van der Waals surface area contributed by atoms with E-state index in [2.05, 4.69) is 5.32 Å². The molecule has 3 N–H and O–H groups in total. The fourth-order valence-electron chi connectivity index (χ4n) is 1.47. The molecule has 1 atom stereocenters. The average Bonchev–Trinajstić information content (AvgIpc) is 2.34. The Bertz CT molecular complexity index is 408. The van der Waals surface area contributed by atoms with Crippen molar-refractivity contribution in [1.29, 1.82) is 0 Å². The van der Waals surface area contributed by atoms with Crippen LogP contribution in [0.1, 0.15) is 31.9 Å². The fraction of sp³-hybridized carbons (Fsp3) is 0.462. The molecule has 1 rings (SSSR count). The first-order valence-electron chi connectivity index (χ1n) is 5.99. The maximum atomic E-state index is 13.1. The number of halogens is 1. The van der Waals surface area contributed by atoms with Gasteiger partial charge in [0, 0.05) is 18.2 Å². The molecule has 5 heteroatoms. The van der Waals surface area contributed by atoms with Gasteiger partial charge in [0.15, 0.2) is 6.61 Å². The molecule has 1 aromatic carbocycles. The number of benzene rings is 1. The Labute approximate surface area is 106 Å². The van der Waals surface area contributed by atoms with Crippen LogP contribution in [-0.4, -0.2) is 19.1 Å². The van der Waals surface area contributed by atoms with Gasteiger partial charge >= 0.3 is 0 Å². The zero-order valence-corrected chi connectivity index (χ0v) is 10.7. The van der Waals surface area contributed by atoms with E-state index in [9.17, 15) is 9.18 Å². The Kier molecular flexibility index (Phi) is 5.58. The van der Waals surface area contributed by atoms with Gasteiger partial charge < -0.3 is 15.8 Å². The number of amides is 1. The topological polar surface area (TPSA) is 64.3 Å². The lowest BCUT2D eigenvalue weighted by atomic mass is 10.1. The summed E-state index contributed by atoms with van der Waals surface area (Å²) in [6, 6.07) is 3.74. The van der Waals surface area contributed by atoms with Crippen molar-refractivity contribution in [2.45, 2.75) is 26.3 Å². The van der Waals surface area contributed by atoms with Crippen LogP contribution in [0, 0.1) is 5.82 Å². The molecule has 4 nitrogen and oxygen atoms in total. The lowest BCUT2D eigenvalue weighted by Gasteiger charge is -2.14. The molecule has 0 unspecified atom stereocenters. The first kappa shape index (κ1) is 14.4. The van der Waals surface area contributed by atoms with Crippen LogP contribution in [0.3, 0.4) is 0 Å². The first-order valence-corrected chi connectivity index (χ1v) is 5.99. The summed E-state index contributed by atoms with van der Waals surface area (Å²) in [6.07, 6.45) is 0.868. The van der Waals surface area contributed by atoms with Crippen molar-refractivity contribution in [3.63, 3.8) is 0 Å². The highest BCUT2D eigenvalue weighted by molar-refractivity contribution is 5.77. The van der Waals surface area contributed by atoms with E-state index in [0.717, 1.165) is 6.42 Å². The van der Waals surface area contributed by atoms with Gasteiger partial charge in [0.05, 0.1) is 0 Å². The van der Waals surface area contributed by atoms with Gasteiger partial charge in [0.1, 0.15) is 11.6 Å². The molecule has 0 radical (unpaired) electrons. The van der Waals surface area contributed by atoms with Crippen molar-refractivity contribution in [2.75, 3.05) is 13.2 Å². The maximum absolute atomic E-state index is 13.1. The van der Waals surface area contributed by atoms with Crippen LogP contribution in [0.4, 0.5) is 4.39 Å². The third-order valence-electron chi connectivity index (χ3n) is 2.39. The highest BCUT2D eigenvalue weighted by Crippen LogP contribution is 2.24. The van der Waals surface area contributed by atoms with Gasteiger partial charge in [-0.15, -0.1) is 0 Å². The summed E-state index contributed by atoms with van der Waals surface area (Å²) >= 11 is 0. The zero-order valence-electron chi connectivity index (χ0n) is 10.7. The van der Waals surface area contributed by atoms with Crippen molar-refractivity contribution in [1.82, 2.24) is 5.32 Å². The molecule has 0 aliphatic rings. The van der Waals surface area contributed by atoms with E-state index in [1.165, 1.54) is 18.2 Å². The second-order valence-corrected chi connectivity index (χ2v) is 4.11. The zero-order chi connectivity index (χ0) is 13.5. The van der Waals surface area contributed by atoms with Crippen LogP contribution in [-0.2, 0) is 4.79 Å². The van der Waals surface area contributed by atoms with Crippen LogP contribution in [0.5, 0.6) is 5.75 Å². The summed E-state index contributed by atoms with van der Waals surface area (Å²) in [5.74, 6) is -0.125. The van der Waals surface area contributed by atoms with Crippen LogP contribution in [0.2, 0.25) is 0 Å². The van der Waals surface area contributed by atoms with Gasteiger partial charge in [-0.1, -0.05) is 6.92 Å². The number of carbonyl (C=O) groups is 1. The molecule has 0 bridgehead atoms. The molecule has 0 aliphatic carbocycles. The van der Waals surface area contributed by atoms with E-state index >= 15 is 0 Å². The van der Waals surface area contributed by atoms with Gasteiger partial charge in [-0.05, 0) is 31.5 Å². The van der Waals surface area contributed by atoms with E-state index in [0.29, 0.717) is 17.9 Å². The highest BCUT2D eigenvalue weighted by Gasteiger charge is 2.11. The Morgan fingerprint density at radius 2 is 2.28 bits per heavy atom. The summed E-state index contributed by atoms with van der Waals surface area (Å²) < 4.78 is 18.4. The monoisotopic (exact) mass is 254 g/mol. The van der Waals surface area contributed by atoms with Gasteiger partial charge in [-0.2, -0.15) is 0 Å². The van der Waals surface area contributed by atoms with Crippen LogP contribution >= 0.6 is 0 Å². The summed E-state index contributed by atoms with van der Waals surface area (Å²) in [6.45, 7) is 4.23. The maximum Gasteiger partial charge on any atom is 0.257 e. The third kappa shape index (κ3) is 4.33. The molecular weight excluding hydrogens is 235 g/mol. The molecule has 1 aromatic rings. The second-order valence-electron chi connectivity index (χ2n) is 4.11. The van der Waals surface area contributed by atoms with Crippen molar-refractivity contribution in [2.24, 2.45) is 5.73 Å². The molecule has 100 valence electrons. The Morgan fingerprint density at radius 3 is 2.89 bits per heavy atom. The van der Waals surface area contributed by atoms with Crippen molar-refractivity contribution < 1.29 is 13.9 Å². The summed E-state index contributed by atoms with van der Waals surface area (Å²) in [7, 11) is 0. The lowest BCUT2D eigenvalue weighted by molar-refractivity contribution is -0.123. The number of ether oxygens (including phenoxy) is 1. The number of hydrogen-bond acceptors (Lipinski definition) is 3. The minimum atomic E-state index is -0.370. The van der Waals surface area contributed by atoms with Crippen LogP contribution in [0.25, 0.3) is 0 Å². The fourth-order valence-corrected chi connectivity index (χ4v) is 1.47. The molecular formula is C13H19FN2O2. The van der Waals surface area contributed by atoms with Gasteiger partial charge in [0.2, 0.25) is 0 Å². The summed E-state index contributed by atoms with van der Waals surface area (Å²) in [5.41, 5.74) is 6.28. The molecule has 0 heterocycles. The lowest BCUT2D eigenvalue weighted by Crippen LogP contribution is -2.29. The SMILES string of the molecule is CCCNC(=O)COc1ccc(F)cc1[C@H](C)N. The predicted molar refractivity (Wildman–Crippen MR) is 67.8 cm³/mol. The third-order valence-corrected chi connectivity index (χ3v) is 2.39. The molecule has 0 spiro atoms. The standard InChI is InChI=1S/C13H19FN2O2/c1-3-6-16-13(17)8-18-12-5-4-10(14)7-11(12)9(2)15/h4-5,7,9H,3,6,8,15H2,1-2H3,(H,16,17)/t9-/m0/s1. The molecule has 0 fully saturated rings. The number of nitrogens with two attached hydrogens (primary N) is 1. The minimum absolute atomic E-state index is 0.0919. The molecule has 18 heavy (non-hydrogen) atoms. The predicted octanol–water partition coefficient (Wildman–Crippen LogP) is 1.75. The van der Waals surface area contributed by atoms with Crippen LogP contribution in [0.15, 0.2) is 18.2 Å².